The Morgan fingerprint density at radius 1 is 1.00 bits per heavy atom. The predicted molar refractivity (Wildman–Crippen MR) is 123 cm³/mol. The molecule has 4 rings (SSSR count). The van der Waals surface area contributed by atoms with Gasteiger partial charge in [-0.25, -0.2) is 9.59 Å². The summed E-state index contributed by atoms with van der Waals surface area (Å²) in [5, 5.41) is 29.6. The number of phenols is 1. The number of para-hydroxylation sites is 1. The van der Waals surface area contributed by atoms with Gasteiger partial charge in [0.15, 0.2) is 11.3 Å². The Bertz CT molecular complexity index is 1570. The number of benzene rings is 2. The van der Waals surface area contributed by atoms with Crippen molar-refractivity contribution in [1.29, 1.82) is 10.5 Å². The van der Waals surface area contributed by atoms with Crippen LogP contribution in [0.15, 0.2) is 60.9 Å². The quantitative estimate of drug-likeness (QED) is 0.326. The van der Waals surface area contributed by atoms with Crippen LogP contribution < -0.4 is 16.0 Å². The molecule has 2 heterocycles. The van der Waals surface area contributed by atoms with Crippen molar-refractivity contribution in [2.24, 2.45) is 0 Å². The van der Waals surface area contributed by atoms with Crippen LogP contribution in [-0.2, 0) is 6.54 Å². The number of aromatic hydroxyl groups is 1. The van der Waals surface area contributed by atoms with Crippen LogP contribution in [0.5, 0.6) is 11.5 Å². The SMILES string of the molecule is CCOc1cccc2cc(-c3cc(=O)oc4c(CN(CC#N)CC#N)c(O)ccc34)c(=O)oc12. The fourth-order valence-electron chi connectivity index (χ4n) is 3.81. The first-order valence-corrected chi connectivity index (χ1v) is 10.4. The molecule has 2 aromatic carbocycles. The van der Waals surface area contributed by atoms with Gasteiger partial charge in [-0.15, -0.1) is 0 Å². The molecule has 4 aromatic rings. The Balaban J connectivity index is 1.95. The molecule has 9 heteroatoms. The molecule has 170 valence electrons. The Morgan fingerprint density at radius 2 is 1.76 bits per heavy atom. The van der Waals surface area contributed by atoms with Crippen molar-refractivity contribution in [3.63, 3.8) is 0 Å². The zero-order valence-corrected chi connectivity index (χ0v) is 18.2. The highest BCUT2D eigenvalue weighted by Gasteiger charge is 2.20. The molecule has 0 atom stereocenters. The maximum atomic E-state index is 13.0. The molecule has 0 aliphatic rings. The van der Waals surface area contributed by atoms with Crippen LogP contribution in [0.2, 0.25) is 0 Å². The summed E-state index contributed by atoms with van der Waals surface area (Å²) in [5.74, 6) is 0.268. The van der Waals surface area contributed by atoms with Crippen molar-refractivity contribution in [2.45, 2.75) is 13.5 Å². The topological polar surface area (TPSA) is 141 Å². The number of phenolic OH excluding ortho intramolecular Hbond substituents is 1. The first-order valence-electron chi connectivity index (χ1n) is 10.4. The normalized spacial score (nSPS) is 10.9. The molecular weight excluding hydrogens is 438 g/mol. The van der Waals surface area contributed by atoms with Gasteiger partial charge in [-0.1, -0.05) is 12.1 Å². The molecule has 1 N–H and O–H groups in total. The van der Waals surface area contributed by atoms with Gasteiger partial charge in [0.25, 0.3) is 0 Å². The Morgan fingerprint density at radius 3 is 2.47 bits per heavy atom. The number of nitrogens with zero attached hydrogens (tertiary/aromatic N) is 3. The monoisotopic (exact) mass is 457 g/mol. The third kappa shape index (κ3) is 4.20. The van der Waals surface area contributed by atoms with Gasteiger partial charge in [-0.05, 0) is 31.2 Å². The fourth-order valence-corrected chi connectivity index (χ4v) is 3.81. The molecular formula is C25H19N3O6. The summed E-state index contributed by atoms with van der Waals surface area (Å²) in [6.07, 6.45) is 0. The minimum absolute atomic E-state index is 0.0132. The van der Waals surface area contributed by atoms with Gasteiger partial charge in [0.2, 0.25) is 0 Å². The summed E-state index contributed by atoms with van der Waals surface area (Å²) >= 11 is 0. The Kier molecular flexibility index (Phi) is 6.30. The van der Waals surface area contributed by atoms with Crippen LogP contribution in [0.4, 0.5) is 0 Å². The Labute approximate surface area is 193 Å². The van der Waals surface area contributed by atoms with Crippen LogP contribution in [0.25, 0.3) is 33.1 Å². The second-order valence-electron chi connectivity index (χ2n) is 7.44. The zero-order chi connectivity index (χ0) is 24.2. The van der Waals surface area contributed by atoms with Crippen LogP contribution >= 0.6 is 0 Å². The summed E-state index contributed by atoms with van der Waals surface area (Å²) in [7, 11) is 0. The van der Waals surface area contributed by atoms with E-state index in [9.17, 15) is 14.7 Å². The molecule has 0 unspecified atom stereocenters. The van der Waals surface area contributed by atoms with Gasteiger partial charge < -0.3 is 18.7 Å². The van der Waals surface area contributed by atoms with Crippen LogP contribution in [0.3, 0.4) is 0 Å². The minimum Gasteiger partial charge on any atom is -0.507 e. The van der Waals surface area contributed by atoms with Crippen molar-refractivity contribution in [3.05, 3.63) is 68.9 Å². The van der Waals surface area contributed by atoms with Crippen LogP contribution in [0.1, 0.15) is 12.5 Å². The lowest BCUT2D eigenvalue weighted by Gasteiger charge is -2.17. The summed E-state index contributed by atoms with van der Waals surface area (Å²) in [6, 6.07) is 14.9. The highest BCUT2D eigenvalue weighted by atomic mass is 16.5. The third-order valence-corrected chi connectivity index (χ3v) is 5.28. The highest BCUT2D eigenvalue weighted by molar-refractivity contribution is 5.97. The standard InChI is InChI=1S/C25H19N3O6/c1-2-32-21-5-3-4-15-12-18(25(31)34-23(15)21)17-13-22(30)33-24-16(17)6-7-20(29)19(24)14-28(10-8-26)11-9-27/h3-7,12-13,29H,2,10-11,14H2,1H3. The summed E-state index contributed by atoms with van der Waals surface area (Å²) in [5.41, 5.74) is -0.400. The molecule has 0 saturated carbocycles. The number of rotatable bonds is 7. The first kappa shape index (κ1) is 22.6. The van der Waals surface area contributed by atoms with Crippen molar-refractivity contribution in [1.82, 2.24) is 4.90 Å². The van der Waals surface area contributed by atoms with Crippen molar-refractivity contribution < 1.29 is 18.7 Å². The van der Waals surface area contributed by atoms with Crippen LogP contribution in [-0.4, -0.2) is 29.7 Å². The first-order chi connectivity index (χ1) is 16.5. The molecule has 2 aromatic heterocycles. The average molecular weight is 457 g/mol. The van der Waals surface area contributed by atoms with E-state index in [1.165, 1.54) is 23.1 Å². The van der Waals surface area contributed by atoms with E-state index in [-0.39, 0.29) is 47.7 Å². The molecule has 0 fully saturated rings. The van der Waals surface area contributed by atoms with Gasteiger partial charge in [0.05, 0.1) is 43.0 Å². The number of ether oxygens (including phenoxy) is 1. The fraction of sp³-hybridized carbons (Fsp3) is 0.200. The number of hydrogen-bond donors (Lipinski definition) is 1. The van der Waals surface area contributed by atoms with E-state index in [4.69, 9.17) is 24.1 Å². The molecule has 0 bridgehead atoms. The van der Waals surface area contributed by atoms with E-state index in [0.29, 0.717) is 28.7 Å². The zero-order valence-electron chi connectivity index (χ0n) is 18.2. The summed E-state index contributed by atoms with van der Waals surface area (Å²) < 4.78 is 16.5. The molecule has 0 amide bonds. The lowest BCUT2D eigenvalue weighted by atomic mass is 9.99. The average Bonchev–Trinajstić information content (AvgIpc) is 2.81. The number of hydrogen-bond acceptors (Lipinski definition) is 9. The van der Waals surface area contributed by atoms with E-state index >= 15 is 0 Å². The van der Waals surface area contributed by atoms with E-state index in [0.717, 1.165) is 0 Å². The lowest BCUT2D eigenvalue weighted by molar-refractivity contribution is 0.326. The lowest BCUT2D eigenvalue weighted by Crippen LogP contribution is -2.24. The van der Waals surface area contributed by atoms with Gasteiger partial charge in [-0.2, -0.15) is 10.5 Å². The van der Waals surface area contributed by atoms with E-state index < -0.39 is 11.3 Å². The molecule has 0 aliphatic heterocycles. The molecule has 9 nitrogen and oxygen atoms in total. The van der Waals surface area contributed by atoms with Gasteiger partial charge >= 0.3 is 11.3 Å². The maximum absolute atomic E-state index is 13.0. The summed E-state index contributed by atoms with van der Waals surface area (Å²) in [4.78, 5) is 26.9. The summed E-state index contributed by atoms with van der Waals surface area (Å²) in [6.45, 7) is 2.08. The molecule has 0 saturated heterocycles. The maximum Gasteiger partial charge on any atom is 0.344 e. The molecule has 34 heavy (non-hydrogen) atoms. The van der Waals surface area contributed by atoms with E-state index in [1.807, 2.05) is 19.1 Å². The predicted octanol–water partition coefficient (Wildman–Crippen LogP) is 3.52. The van der Waals surface area contributed by atoms with Crippen LogP contribution in [0, 0.1) is 22.7 Å². The number of nitriles is 2. The second kappa shape index (κ2) is 9.49. The molecule has 0 radical (unpaired) electrons. The van der Waals surface area contributed by atoms with Gasteiger partial charge in [0.1, 0.15) is 11.3 Å². The van der Waals surface area contributed by atoms with Crippen molar-refractivity contribution in [2.75, 3.05) is 19.7 Å². The van der Waals surface area contributed by atoms with E-state index in [1.54, 1.807) is 24.3 Å². The van der Waals surface area contributed by atoms with Crippen molar-refractivity contribution >= 4 is 21.9 Å². The minimum atomic E-state index is -0.732. The second-order valence-corrected chi connectivity index (χ2v) is 7.44. The molecule has 0 spiro atoms. The highest BCUT2D eigenvalue weighted by Crippen LogP contribution is 2.34. The number of fused-ring (bicyclic) bond motifs is 2. The third-order valence-electron chi connectivity index (χ3n) is 5.28. The van der Waals surface area contributed by atoms with Crippen molar-refractivity contribution in [3.8, 4) is 34.8 Å². The largest absolute Gasteiger partial charge is 0.507 e. The molecule has 0 aliphatic carbocycles. The van der Waals surface area contributed by atoms with E-state index in [2.05, 4.69) is 0 Å². The smallest absolute Gasteiger partial charge is 0.344 e. The Hall–Kier alpha value is -4.60. The van der Waals surface area contributed by atoms with Gasteiger partial charge in [-0.3, -0.25) is 4.90 Å². The van der Waals surface area contributed by atoms with Gasteiger partial charge in [0, 0.05) is 28.9 Å².